The van der Waals surface area contributed by atoms with E-state index in [9.17, 15) is 13.9 Å². The molecule has 4 heteroatoms. The first-order valence-corrected chi connectivity index (χ1v) is 5.69. The van der Waals surface area contributed by atoms with Gasteiger partial charge in [0, 0.05) is 6.54 Å². The first-order valence-electron chi connectivity index (χ1n) is 5.69. The van der Waals surface area contributed by atoms with Gasteiger partial charge in [-0.1, -0.05) is 13.8 Å². The van der Waals surface area contributed by atoms with Gasteiger partial charge in [-0.25, -0.2) is 8.78 Å². The van der Waals surface area contributed by atoms with E-state index >= 15 is 0 Å². The van der Waals surface area contributed by atoms with Gasteiger partial charge in [0.2, 0.25) is 0 Å². The smallest absolute Gasteiger partial charge is 0.264 e. The third-order valence-electron chi connectivity index (χ3n) is 3.00. The van der Waals surface area contributed by atoms with Gasteiger partial charge in [-0.05, 0) is 37.8 Å². The summed E-state index contributed by atoms with van der Waals surface area (Å²) in [6, 6.07) is 0. The van der Waals surface area contributed by atoms with E-state index in [4.69, 9.17) is 0 Å². The van der Waals surface area contributed by atoms with Crippen molar-refractivity contribution in [3.05, 3.63) is 0 Å². The van der Waals surface area contributed by atoms with Crippen molar-refractivity contribution in [3.8, 4) is 0 Å². The first kappa shape index (κ1) is 12.8. The molecule has 1 unspecified atom stereocenters. The number of aliphatic hydroxyl groups excluding tert-OH is 1. The van der Waals surface area contributed by atoms with Crippen LogP contribution in [0.3, 0.4) is 0 Å². The summed E-state index contributed by atoms with van der Waals surface area (Å²) in [5.74, 6) is 0.398. The zero-order chi connectivity index (χ0) is 11.4. The van der Waals surface area contributed by atoms with Crippen molar-refractivity contribution >= 4 is 0 Å². The van der Waals surface area contributed by atoms with E-state index in [1.165, 1.54) is 0 Å². The Balaban J connectivity index is 2.29. The van der Waals surface area contributed by atoms with Gasteiger partial charge in [0.1, 0.15) is 6.10 Å². The second-order valence-electron chi connectivity index (χ2n) is 4.86. The maximum Gasteiger partial charge on any atom is 0.264 e. The Morgan fingerprint density at radius 2 is 1.80 bits per heavy atom. The van der Waals surface area contributed by atoms with E-state index in [2.05, 4.69) is 18.7 Å². The van der Waals surface area contributed by atoms with Crippen molar-refractivity contribution in [3.63, 3.8) is 0 Å². The summed E-state index contributed by atoms with van der Waals surface area (Å²) in [6.07, 6.45) is -2.63. The molecular formula is C11H21F2NO. The fraction of sp³-hybridized carbons (Fsp3) is 1.00. The lowest BCUT2D eigenvalue weighted by Gasteiger charge is -2.34. The molecule has 0 amide bonds. The molecule has 1 heterocycles. The van der Waals surface area contributed by atoms with Gasteiger partial charge >= 0.3 is 0 Å². The highest BCUT2D eigenvalue weighted by atomic mass is 19.3. The van der Waals surface area contributed by atoms with Crippen LogP contribution < -0.4 is 0 Å². The van der Waals surface area contributed by atoms with Gasteiger partial charge in [0.05, 0.1) is 0 Å². The second-order valence-corrected chi connectivity index (χ2v) is 4.86. The van der Waals surface area contributed by atoms with Crippen molar-refractivity contribution < 1.29 is 13.9 Å². The van der Waals surface area contributed by atoms with E-state index in [-0.39, 0.29) is 5.92 Å². The first-order chi connectivity index (χ1) is 7.00. The minimum atomic E-state index is -2.59. The molecule has 1 rings (SSSR count). The van der Waals surface area contributed by atoms with Crippen LogP contribution in [0.1, 0.15) is 26.7 Å². The van der Waals surface area contributed by atoms with Gasteiger partial charge in [0.25, 0.3) is 6.43 Å². The van der Waals surface area contributed by atoms with E-state index in [1.54, 1.807) is 0 Å². The number of halogens is 2. The lowest BCUT2D eigenvalue weighted by Crippen LogP contribution is -2.41. The quantitative estimate of drug-likeness (QED) is 0.784. The molecule has 2 nitrogen and oxygen atoms in total. The van der Waals surface area contributed by atoms with Crippen LogP contribution in [0.2, 0.25) is 0 Å². The summed E-state index contributed by atoms with van der Waals surface area (Å²) < 4.78 is 24.5. The highest BCUT2D eigenvalue weighted by Crippen LogP contribution is 2.24. The molecule has 0 radical (unpaired) electrons. The molecule has 1 aliphatic heterocycles. The number of hydrogen-bond donors (Lipinski definition) is 1. The van der Waals surface area contributed by atoms with Crippen molar-refractivity contribution in [1.82, 2.24) is 4.90 Å². The summed E-state index contributed by atoms with van der Waals surface area (Å²) in [5, 5.41) is 9.25. The van der Waals surface area contributed by atoms with Crippen molar-refractivity contribution in [2.75, 3.05) is 19.6 Å². The summed E-state index contributed by atoms with van der Waals surface area (Å²) in [5.41, 5.74) is 0. The summed E-state index contributed by atoms with van der Waals surface area (Å²) >= 11 is 0. The van der Waals surface area contributed by atoms with Crippen molar-refractivity contribution in [2.24, 2.45) is 11.8 Å². The standard InChI is InChI=1S/C11H21F2NO/c1-8(2)7-14-5-3-9(4-6-14)10(15)11(12)13/h8-11,15H,3-7H2,1-2H3. The average molecular weight is 221 g/mol. The molecule has 1 N–H and O–H groups in total. The van der Waals surface area contributed by atoms with Crippen LogP contribution in [0.25, 0.3) is 0 Å². The number of nitrogens with zero attached hydrogens (tertiary/aromatic N) is 1. The van der Waals surface area contributed by atoms with Gasteiger partial charge in [-0.2, -0.15) is 0 Å². The Labute approximate surface area is 90.3 Å². The molecule has 1 atom stereocenters. The van der Waals surface area contributed by atoms with Gasteiger partial charge in [-0.15, -0.1) is 0 Å². The molecule has 90 valence electrons. The number of likely N-dealkylation sites (tertiary alicyclic amines) is 1. The molecule has 15 heavy (non-hydrogen) atoms. The number of piperidine rings is 1. The number of hydrogen-bond acceptors (Lipinski definition) is 2. The monoisotopic (exact) mass is 221 g/mol. The van der Waals surface area contributed by atoms with Crippen molar-refractivity contribution in [1.29, 1.82) is 0 Å². The number of alkyl halides is 2. The maximum absolute atomic E-state index is 12.3. The van der Waals surface area contributed by atoms with Crippen LogP contribution in [0, 0.1) is 11.8 Å². The minimum absolute atomic E-state index is 0.214. The van der Waals surface area contributed by atoms with Crippen molar-refractivity contribution in [2.45, 2.75) is 39.2 Å². The third kappa shape index (κ3) is 4.03. The van der Waals surface area contributed by atoms with E-state index in [0.717, 1.165) is 19.6 Å². The van der Waals surface area contributed by atoms with Crippen LogP contribution in [-0.2, 0) is 0 Å². The van der Waals surface area contributed by atoms with Gasteiger partial charge in [-0.3, -0.25) is 0 Å². The van der Waals surface area contributed by atoms with Gasteiger partial charge in [0.15, 0.2) is 0 Å². The van der Waals surface area contributed by atoms with Crippen LogP contribution >= 0.6 is 0 Å². The molecule has 0 bridgehead atoms. The largest absolute Gasteiger partial charge is 0.387 e. The van der Waals surface area contributed by atoms with E-state index < -0.39 is 12.5 Å². The maximum atomic E-state index is 12.3. The fourth-order valence-electron chi connectivity index (χ4n) is 2.20. The predicted molar refractivity (Wildman–Crippen MR) is 56.0 cm³/mol. The minimum Gasteiger partial charge on any atom is -0.387 e. The average Bonchev–Trinajstić information content (AvgIpc) is 2.17. The lowest BCUT2D eigenvalue weighted by molar-refractivity contribution is -0.0539. The summed E-state index contributed by atoms with van der Waals surface area (Å²) in [4.78, 5) is 2.29. The van der Waals surface area contributed by atoms with Crippen LogP contribution in [0.15, 0.2) is 0 Å². The molecule has 1 aliphatic rings. The predicted octanol–water partition coefficient (Wildman–Crippen LogP) is 1.98. The summed E-state index contributed by atoms with van der Waals surface area (Å²) in [6.45, 7) is 7.01. The molecule has 0 aromatic heterocycles. The molecule has 1 fully saturated rings. The zero-order valence-corrected chi connectivity index (χ0v) is 9.50. The Morgan fingerprint density at radius 3 is 2.20 bits per heavy atom. The highest BCUT2D eigenvalue weighted by molar-refractivity contribution is 4.78. The fourth-order valence-corrected chi connectivity index (χ4v) is 2.20. The molecule has 0 saturated carbocycles. The molecule has 0 aromatic carbocycles. The van der Waals surface area contributed by atoms with Gasteiger partial charge < -0.3 is 10.0 Å². The number of rotatable bonds is 4. The highest BCUT2D eigenvalue weighted by Gasteiger charge is 2.30. The molecule has 0 aliphatic carbocycles. The third-order valence-corrected chi connectivity index (χ3v) is 3.00. The zero-order valence-electron chi connectivity index (χ0n) is 9.50. The molecular weight excluding hydrogens is 200 g/mol. The Morgan fingerprint density at radius 1 is 1.27 bits per heavy atom. The second kappa shape index (κ2) is 5.75. The topological polar surface area (TPSA) is 23.5 Å². The molecule has 0 aromatic rings. The molecule has 1 saturated heterocycles. The van der Waals surface area contributed by atoms with Crippen LogP contribution in [0.5, 0.6) is 0 Å². The normalized spacial score (nSPS) is 22.6. The molecule has 0 spiro atoms. The Hall–Kier alpha value is -0.220. The Kier molecular flexibility index (Phi) is 4.93. The summed E-state index contributed by atoms with van der Waals surface area (Å²) in [7, 11) is 0. The van der Waals surface area contributed by atoms with E-state index in [0.29, 0.717) is 18.8 Å². The Bertz CT molecular complexity index is 179. The van der Waals surface area contributed by atoms with Crippen LogP contribution in [0.4, 0.5) is 8.78 Å². The van der Waals surface area contributed by atoms with Crippen LogP contribution in [-0.4, -0.2) is 42.2 Å². The lowest BCUT2D eigenvalue weighted by atomic mass is 9.91. The number of aliphatic hydroxyl groups is 1. The SMILES string of the molecule is CC(C)CN1CCC(C(O)C(F)F)CC1. The van der Waals surface area contributed by atoms with E-state index in [1.807, 2.05) is 0 Å².